The fraction of sp³-hybridized carbons (Fsp3) is 0.333. The zero-order valence-electron chi connectivity index (χ0n) is 20.6. The Hall–Kier alpha value is -3.28. The van der Waals surface area contributed by atoms with E-state index >= 15 is 0 Å². The number of anilines is 1. The zero-order valence-corrected chi connectivity index (χ0v) is 20.6. The number of hydrogen-bond donors (Lipinski definition) is 0. The number of fused-ring (bicyclic) bond motifs is 1. The summed E-state index contributed by atoms with van der Waals surface area (Å²) in [6, 6.07) is 25.7. The van der Waals surface area contributed by atoms with Gasteiger partial charge in [0.15, 0.2) is 0 Å². The standard InChI is InChI=1S/C30H33N3O2/c1-22-20-23(2)27-26(21-22)29(34)30(35)33(27)15-9-14-31-16-18-32(19-17-31)28(24-10-5-3-6-11-24)25-12-7-4-8-13-25/h3-8,10-13,20-21,28H,9,14-19H2,1-2H3. The van der Waals surface area contributed by atoms with Crippen LogP contribution in [0.2, 0.25) is 0 Å². The Bertz CT molecular complexity index is 1160. The molecule has 5 rings (SSSR count). The van der Waals surface area contributed by atoms with Gasteiger partial charge in [-0.1, -0.05) is 66.7 Å². The predicted octanol–water partition coefficient (Wildman–Crippen LogP) is 4.63. The van der Waals surface area contributed by atoms with Crippen LogP contribution in [0.5, 0.6) is 0 Å². The molecule has 0 bridgehead atoms. The third-order valence-electron chi connectivity index (χ3n) is 7.26. The topological polar surface area (TPSA) is 43.9 Å². The molecule has 35 heavy (non-hydrogen) atoms. The minimum absolute atomic E-state index is 0.260. The van der Waals surface area contributed by atoms with Crippen molar-refractivity contribution in [2.24, 2.45) is 0 Å². The van der Waals surface area contributed by atoms with E-state index in [1.165, 1.54) is 11.1 Å². The van der Waals surface area contributed by atoms with Crippen molar-refractivity contribution in [2.45, 2.75) is 26.3 Å². The van der Waals surface area contributed by atoms with Gasteiger partial charge in [0.1, 0.15) is 0 Å². The number of Topliss-reactive ketones (excluding diaryl/α,β-unsaturated/α-hetero) is 1. The lowest BCUT2D eigenvalue weighted by Crippen LogP contribution is -2.48. The first kappa shape index (κ1) is 23.5. The maximum absolute atomic E-state index is 12.7. The fourth-order valence-corrected chi connectivity index (χ4v) is 5.63. The highest BCUT2D eigenvalue weighted by molar-refractivity contribution is 6.52. The summed E-state index contributed by atoms with van der Waals surface area (Å²) in [4.78, 5) is 31.9. The Morgan fingerprint density at radius 2 is 1.37 bits per heavy atom. The van der Waals surface area contributed by atoms with Gasteiger partial charge in [0.25, 0.3) is 11.7 Å². The first-order valence-corrected chi connectivity index (χ1v) is 12.6. The monoisotopic (exact) mass is 467 g/mol. The van der Waals surface area contributed by atoms with Crippen LogP contribution in [0.1, 0.15) is 45.1 Å². The van der Waals surface area contributed by atoms with Crippen molar-refractivity contribution < 1.29 is 9.59 Å². The predicted molar refractivity (Wildman–Crippen MR) is 140 cm³/mol. The van der Waals surface area contributed by atoms with Crippen molar-refractivity contribution in [3.8, 4) is 0 Å². The molecule has 2 heterocycles. The van der Waals surface area contributed by atoms with Crippen molar-refractivity contribution in [2.75, 3.05) is 44.2 Å². The van der Waals surface area contributed by atoms with E-state index in [4.69, 9.17) is 0 Å². The third-order valence-corrected chi connectivity index (χ3v) is 7.26. The average molecular weight is 468 g/mol. The Morgan fingerprint density at radius 1 is 0.771 bits per heavy atom. The van der Waals surface area contributed by atoms with E-state index in [9.17, 15) is 9.59 Å². The molecule has 180 valence electrons. The number of amides is 1. The number of piperazine rings is 1. The van der Waals surface area contributed by atoms with Crippen LogP contribution < -0.4 is 4.90 Å². The van der Waals surface area contributed by atoms with Crippen LogP contribution in [-0.2, 0) is 4.79 Å². The summed E-state index contributed by atoms with van der Waals surface area (Å²) >= 11 is 0. The molecule has 0 atom stereocenters. The van der Waals surface area contributed by atoms with Crippen molar-refractivity contribution in [3.05, 3.63) is 101 Å². The molecule has 0 saturated carbocycles. The Morgan fingerprint density at radius 3 is 1.97 bits per heavy atom. The molecule has 3 aromatic carbocycles. The van der Waals surface area contributed by atoms with Gasteiger partial charge in [-0.3, -0.25) is 14.5 Å². The van der Waals surface area contributed by atoms with E-state index in [0.29, 0.717) is 12.1 Å². The molecule has 1 amide bonds. The van der Waals surface area contributed by atoms with Crippen LogP contribution in [0.15, 0.2) is 72.8 Å². The van der Waals surface area contributed by atoms with Gasteiger partial charge in [-0.05, 0) is 55.1 Å². The van der Waals surface area contributed by atoms with Crippen molar-refractivity contribution in [3.63, 3.8) is 0 Å². The van der Waals surface area contributed by atoms with Gasteiger partial charge in [-0.25, -0.2) is 0 Å². The van der Waals surface area contributed by atoms with Crippen LogP contribution in [0, 0.1) is 13.8 Å². The summed E-state index contributed by atoms with van der Waals surface area (Å²) in [5.74, 6) is -0.750. The molecule has 2 aliphatic rings. The minimum atomic E-state index is -0.382. The molecular weight excluding hydrogens is 434 g/mol. The first-order valence-electron chi connectivity index (χ1n) is 12.6. The molecule has 3 aromatic rings. The Labute approximate surface area is 208 Å². The van der Waals surface area contributed by atoms with Gasteiger partial charge >= 0.3 is 0 Å². The molecule has 0 radical (unpaired) electrons. The maximum Gasteiger partial charge on any atom is 0.299 e. The summed E-state index contributed by atoms with van der Waals surface area (Å²) in [5, 5.41) is 0. The van der Waals surface area contributed by atoms with Gasteiger partial charge < -0.3 is 9.80 Å². The van der Waals surface area contributed by atoms with Gasteiger partial charge in [0, 0.05) is 32.7 Å². The molecule has 5 heteroatoms. The number of ketones is 1. The van der Waals surface area contributed by atoms with Crippen LogP contribution in [-0.4, -0.2) is 60.8 Å². The van der Waals surface area contributed by atoms with Crippen LogP contribution >= 0.6 is 0 Å². The van der Waals surface area contributed by atoms with E-state index in [0.717, 1.165) is 56.0 Å². The summed E-state index contributed by atoms with van der Waals surface area (Å²) in [6.45, 7) is 9.45. The summed E-state index contributed by atoms with van der Waals surface area (Å²) in [5.41, 5.74) is 6.05. The molecular formula is C30H33N3O2. The Balaban J connectivity index is 1.20. The molecule has 0 aromatic heterocycles. The van der Waals surface area contributed by atoms with Gasteiger partial charge in [0.05, 0.1) is 17.3 Å². The SMILES string of the molecule is Cc1cc(C)c2c(c1)C(=O)C(=O)N2CCCN1CCN(C(c2ccccc2)c2ccccc2)CC1. The number of nitrogens with zero attached hydrogens (tertiary/aromatic N) is 3. The summed E-state index contributed by atoms with van der Waals surface area (Å²) in [7, 11) is 0. The lowest BCUT2D eigenvalue weighted by molar-refractivity contribution is -0.114. The lowest BCUT2D eigenvalue weighted by Gasteiger charge is -2.40. The average Bonchev–Trinajstić information content (AvgIpc) is 3.11. The second kappa shape index (κ2) is 10.1. The van der Waals surface area contributed by atoms with E-state index in [-0.39, 0.29) is 17.7 Å². The maximum atomic E-state index is 12.7. The zero-order chi connectivity index (χ0) is 24.4. The highest BCUT2D eigenvalue weighted by atomic mass is 16.2. The molecule has 0 aliphatic carbocycles. The molecule has 0 N–H and O–H groups in total. The van der Waals surface area contributed by atoms with E-state index in [1.54, 1.807) is 4.90 Å². The highest BCUT2D eigenvalue weighted by Gasteiger charge is 2.37. The molecule has 0 spiro atoms. The van der Waals surface area contributed by atoms with Crippen molar-refractivity contribution in [1.29, 1.82) is 0 Å². The normalized spacial score (nSPS) is 16.8. The lowest BCUT2D eigenvalue weighted by atomic mass is 9.96. The number of aryl methyl sites for hydroxylation is 2. The summed E-state index contributed by atoms with van der Waals surface area (Å²) < 4.78 is 0. The van der Waals surface area contributed by atoms with Crippen LogP contribution in [0.3, 0.4) is 0 Å². The van der Waals surface area contributed by atoms with Crippen LogP contribution in [0.25, 0.3) is 0 Å². The summed E-state index contributed by atoms with van der Waals surface area (Å²) in [6.07, 6.45) is 0.854. The highest BCUT2D eigenvalue weighted by Crippen LogP contribution is 2.34. The molecule has 0 unspecified atom stereocenters. The van der Waals surface area contributed by atoms with Gasteiger partial charge in [-0.15, -0.1) is 0 Å². The number of carbonyl (C=O) groups is 2. The van der Waals surface area contributed by atoms with Crippen molar-refractivity contribution in [1.82, 2.24) is 9.80 Å². The fourth-order valence-electron chi connectivity index (χ4n) is 5.63. The number of hydrogen-bond acceptors (Lipinski definition) is 4. The smallest absolute Gasteiger partial charge is 0.299 e. The second-order valence-corrected chi connectivity index (χ2v) is 9.72. The van der Waals surface area contributed by atoms with E-state index < -0.39 is 0 Å². The third kappa shape index (κ3) is 4.79. The largest absolute Gasteiger partial charge is 0.304 e. The molecule has 5 nitrogen and oxygen atoms in total. The number of carbonyl (C=O) groups excluding carboxylic acids is 2. The van der Waals surface area contributed by atoms with Crippen LogP contribution in [0.4, 0.5) is 5.69 Å². The first-order chi connectivity index (χ1) is 17.0. The van der Waals surface area contributed by atoms with Gasteiger partial charge in [0.2, 0.25) is 0 Å². The van der Waals surface area contributed by atoms with E-state index in [2.05, 4.69) is 70.5 Å². The minimum Gasteiger partial charge on any atom is -0.304 e. The second-order valence-electron chi connectivity index (χ2n) is 9.72. The quantitative estimate of drug-likeness (QED) is 0.475. The molecule has 1 fully saturated rings. The number of rotatable bonds is 7. The molecule has 1 saturated heterocycles. The van der Waals surface area contributed by atoms with Gasteiger partial charge in [-0.2, -0.15) is 0 Å². The number of benzene rings is 3. The van der Waals surface area contributed by atoms with Crippen molar-refractivity contribution >= 4 is 17.4 Å². The molecule has 2 aliphatic heterocycles. The Kier molecular flexibility index (Phi) is 6.80. The van der Waals surface area contributed by atoms with E-state index in [1.807, 2.05) is 26.0 Å².